The molecule has 2 aromatic rings. The van der Waals surface area contributed by atoms with Crippen molar-refractivity contribution in [3.8, 4) is 0 Å². The number of carbonyl (C=O) groups is 1. The van der Waals surface area contributed by atoms with E-state index in [1.807, 2.05) is 24.9 Å². The fraction of sp³-hybridized carbons (Fsp3) is 0.312. The molecular formula is C16H17F2NO2. The van der Waals surface area contributed by atoms with Crippen LogP contribution in [0.15, 0.2) is 34.9 Å². The summed E-state index contributed by atoms with van der Waals surface area (Å²) in [6.45, 7) is 2.97. The van der Waals surface area contributed by atoms with Crippen LogP contribution < -0.4 is 0 Å². The molecule has 1 aromatic carbocycles. The molecule has 0 fully saturated rings. The molecule has 0 saturated heterocycles. The second-order valence-corrected chi connectivity index (χ2v) is 5.01. The summed E-state index contributed by atoms with van der Waals surface area (Å²) in [6, 6.07) is 5.52. The van der Waals surface area contributed by atoms with Crippen molar-refractivity contribution in [1.29, 1.82) is 0 Å². The third kappa shape index (κ3) is 3.76. The summed E-state index contributed by atoms with van der Waals surface area (Å²) in [5.74, 6) is -1.63. The van der Waals surface area contributed by atoms with Gasteiger partial charge in [0.15, 0.2) is 17.4 Å². The smallest absolute Gasteiger partial charge is 0.169 e. The van der Waals surface area contributed by atoms with Gasteiger partial charge in [0, 0.05) is 25.1 Å². The Morgan fingerprint density at radius 3 is 2.71 bits per heavy atom. The lowest BCUT2D eigenvalue weighted by Crippen LogP contribution is -2.22. The van der Waals surface area contributed by atoms with Crippen LogP contribution in [0.4, 0.5) is 8.78 Å². The van der Waals surface area contributed by atoms with E-state index in [2.05, 4.69) is 0 Å². The van der Waals surface area contributed by atoms with E-state index in [0.29, 0.717) is 13.1 Å². The van der Waals surface area contributed by atoms with E-state index >= 15 is 0 Å². The minimum atomic E-state index is -1.07. The van der Waals surface area contributed by atoms with Crippen LogP contribution in [0.5, 0.6) is 0 Å². The molecule has 0 bridgehead atoms. The van der Waals surface area contributed by atoms with Crippen LogP contribution in [0.1, 0.15) is 28.1 Å². The third-order valence-electron chi connectivity index (χ3n) is 3.38. The number of rotatable bonds is 6. The molecule has 5 heteroatoms. The van der Waals surface area contributed by atoms with E-state index in [1.54, 1.807) is 6.26 Å². The standard InChI is InChI=1S/C16H17F2NO2/c1-11-12(7-9-21-11)10-19(2)8-6-15(20)13-4-3-5-14(17)16(13)18/h3-5,7,9H,6,8,10H2,1-2H3. The van der Waals surface area contributed by atoms with Crippen LogP contribution in [-0.4, -0.2) is 24.3 Å². The summed E-state index contributed by atoms with van der Waals surface area (Å²) in [7, 11) is 1.86. The fourth-order valence-corrected chi connectivity index (χ4v) is 2.09. The highest BCUT2D eigenvalue weighted by molar-refractivity contribution is 5.96. The second kappa shape index (κ2) is 6.63. The van der Waals surface area contributed by atoms with Crippen molar-refractivity contribution in [2.75, 3.05) is 13.6 Å². The van der Waals surface area contributed by atoms with Gasteiger partial charge in [-0.05, 0) is 32.2 Å². The van der Waals surface area contributed by atoms with Crippen molar-refractivity contribution < 1.29 is 18.0 Å². The first-order valence-electron chi connectivity index (χ1n) is 6.67. The quantitative estimate of drug-likeness (QED) is 0.763. The van der Waals surface area contributed by atoms with Crippen molar-refractivity contribution in [1.82, 2.24) is 4.90 Å². The van der Waals surface area contributed by atoms with Crippen molar-refractivity contribution in [2.24, 2.45) is 0 Å². The molecule has 0 aliphatic heterocycles. The van der Waals surface area contributed by atoms with E-state index < -0.39 is 17.4 Å². The van der Waals surface area contributed by atoms with Gasteiger partial charge in [-0.1, -0.05) is 6.07 Å². The number of benzene rings is 1. The second-order valence-electron chi connectivity index (χ2n) is 5.01. The Bertz CT molecular complexity index is 637. The third-order valence-corrected chi connectivity index (χ3v) is 3.38. The normalized spacial score (nSPS) is 11.1. The summed E-state index contributed by atoms with van der Waals surface area (Å²) in [6.07, 6.45) is 1.75. The lowest BCUT2D eigenvalue weighted by atomic mass is 10.1. The van der Waals surface area contributed by atoms with Gasteiger partial charge in [0.2, 0.25) is 0 Å². The van der Waals surface area contributed by atoms with Gasteiger partial charge in [-0.2, -0.15) is 0 Å². The first kappa shape index (κ1) is 15.4. The molecule has 2 rings (SSSR count). The Kier molecular flexibility index (Phi) is 4.85. The van der Waals surface area contributed by atoms with Gasteiger partial charge < -0.3 is 9.32 Å². The highest BCUT2D eigenvalue weighted by Gasteiger charge is 2.15. The van der Waals surface area contributed by atoms with Gasteiger partial charge >= 0.3 is 0 Å². The summed E-state index contributed by atoms with van der Waals surface area (Å²) in [4.78, 5) is 13.9. The molecule has 3 nitrogen and oxygen atoms in total. The molecule has 0 unspecified atom stereocenters. The summed E-state index contributed by atoms with van der Waals surface area (Å²) < 4.78 is 31.8. The molecule has 21 heavy (non-hydrogen) atoms. The first-order valence-corrected chi connectivity index (χ1v) is 6.67. The molecule has 0 aliphatic rings. The number of furan rings is 1. The van der Waals surface area contributed by atoms with Crippen LogP contribution in [0.2, 0.25) is 0 Å². The Balaban J connectivity index is 1.92. The number of nitrogens with zero attached hydrogens (tertiary/aromatic N) is 1. The van der Waals surface area contributed by atoms with Crippen LogP contribution in [0.3, 0.4) is 0 Å². The highest BCUT2D eigenvalue weighted by atomic mass is 19.2. The zero-order valence-electron chi connectivity index (χ0n) is 12.0. The van der Waals surface area contributed by atoms with Crippen molar-refractivity contribution in [3.63, 3.8) is 0 Å². The molecule has 0 amide bonds. The minimum absolute atomic E-state index is 0.133. The van der Waals surface area contributed by atoms with E-state index in [-0.39, 0.29) is 12.0 Å². The average Bonchev–Trinajstić information content (AvgIpc) is 2.84. The van der Waals surface area contributed by atoms with Crippen LogP contribution in [0, 0.1) is 18.6 Å². The summed E-state index contributed by atoms with van der Waals surface area (Å²) in [5.41, 5.74) is 0.852. The van der Waals surface area contributed by atoms with E-state index in [9.17, 15) is 13.6 Å². The maximum Gasteiger partial charge on any atom is 0.169 e. The molecule has 0 spiro atoms. The maximum absolute atomic E-state index is 13.5. The van der Waals surface area contributed by atoms with Crippen LogP contribution in [-0.2, 0) is 6.54 Å². The molecule has 0 N–H and O–H groups in total. The number of carbonyl (C=O) groups excluding carboxylic acids is 1. The number of Topliss-reactive ketones (excluding diaryl/α,β-unsaturated/α-hetero) is 1. The Morgan fingerprint density at radius 1 is 1.29 bits per heavy atom. The Hall–Kier alpha value is -2.01. The Labute approximate surface area is 122 Å². The number of ketones is 1. The van der Waals surface area contributed by atoms with Gasteiger partial charge in [-0.15, -0.1) is 0 Å². The van der Waals surface area contributed by atoms with Crippen LogP contribution >= 0.6 is 0 Å². The van der Waals surface area contributed by atoms with Gasteiger partial charge in [-0.3, -0.25) is 4.79 Å². The number of aryl methyl sites for hydroxylation is 1. The fourth-order valence-electron chi connectivity index (χ4n) is 2.09. The average molecular weight is 293 g/mol. The van der Waals surface area contributed by atoms with E-state index in [0.717, 1.165) is 17.4 Å². The van der Waals surface area contributed by atoms with Crippen LogP contribution in [0.25, 0.3) is 0 Å². The van der Waals surface area contributed by atoms with Gasteiger partial charge in [0.05, 0.1) is 11.8 Å². The highest BCUT2D eigenvalue weighted by Crippen LogP contribution is 2.15. The number of hydrogen-bond acceptors (Lipinski definition) is 3. The molecule has 112 valence electrons. The molecular weight excluding hydrogens is 276 g/mol. The van der Waals surface area contributed by atoms with Gasteiger partial charge in [-0.25, -0.2) is 8.78 Å². The van der Waals surface area contributed by atoms with E-state index in [4.69, 9.17) is 4.42 Å². The van der Waals surface area contributed by atoms with Crippen molar-refractivity contribution >= 4 is 5.78 Å². The Morgan fingerprint density at radius 2 is 2.05 bits per heavy atom. The number of halogens is 2. The van der Waals surface area contributed by atoms with Gasteiger partial charge in [0.1, 0.15) is 5.76 Å². The maximum atomic E-state index is 13.5. The molecule has 1 heterocycles. The largest absolute Gasteiger partial charge is 0.469 e. The summed E-state index contributed by atoms with van der Waals surface area (Å²) in [5, 5.41) is 0. The zero-order valence-corrected chi connectivity index (χ0v) is 12.0. The monoisotopic (exact) mass is 293 g/mol. The van der Waals surface area contributed by atoms with Crippen molar-refractivity contribution in [3.05, 3.63) is 59.1 Å². The molecule has 0 saturated carbocycles. The molecule has 0 aliphatic carbocycles. The minimum Gasteiger partial charge on any atom is -0.469 e. The van der Waals surface area contributed by atoms with Gasteiger partial charge in [0.25, 0.3) is 0 Å². The SMILES string of the molecule is Cc1occc1CN(C)CCC(=O)c1cccc(F)c1F. The lowest BCUT2D eigenvalue weighted by molar-refractivity contribution is 0.0963. The molecule has 0 radical (unpaired) electrons. The summed E-state index contributed by atoms with van der Waals surface area (Å²) >= 11 is 0. The molecule has 1 aromatic heterocycles. The topological polar surface area (TPSA) is 33.5 Å². The van der Waals surface area contributed by atoms with Crippen molar-refractivity contribution in [2.45, 2.75) is 19.9 Å². The molecule has 0 atom stereocenters. The number of hydrogen-bond donors (Lipinski definition) is 0. The van der Waals surface area contributed by atoms with E-state index in [1.165, 1.54) is 12.1 Å². The predicted molar refractivity (Wildman–Crippen MR) is 75.1 cm³/mol. The lowest BCUT2D eigenvalue weighted by Gasteiger charge is -2.15. The zero-order chi connectivity index (χ0) is 15.4. The first-order chi connectivity index (χ1) is 9.99. The predicted octanol–water partition coefficient (Wildman–Crippen LogP) is 3.57.